The van der Waals surface area contributed by atoms with Crippen LogP contribution in [0.25, 0.3) is 16.9 Å². The molecule has 4 aromatic carbocycles. The van der Waals surface area contributed by atoms with Crippen molar-refractivity contribution in [2.45, 2.75) is 25.9 Å². The first-order valence-corrected chi connectivity index (χ1v) is 16.5. The summed E-state index contributed by atoms with van der Waals surface area (Å²) in [7, 11) is 0. The monoisotopic (exact) mass is 623 g/mol. The zero-order chi connectivity index (χ0) is 32.2. The van der Waals surface area contributed by atoms with Crippen molar-refractivity contribution in [3.8, 4) is 16.9 Å². The van der Waals surface area contributed by atoms with Gasteiger partial charge in [-0.05, 0) is 54.3 Å². The molecule has 2 amide bonds. The minimum absolute atomic E-state index is 0.0308. The van der Waals surface area contributed by atoms with Gasteiger partial charge in [-0.2, -0.15) is 0 Å². The fourth-order valence-corrected chi connectivity index (χ4v) is 7.09. The normalized spacial score (nSPS) is 17.0. The molecule has 2 fully saturated rings. The van der Waals surface area contributed by atoms with Crippen molar-refractivity contribution in [2.75, 3.05) is 44.2 Å². The first-order chi connectivity index (χ1) is 23.0. The Hall–Kier alpha value is -5.14. The van der Waals surface area contributed by atoms with Crippen molar-refractivity contribution in [3.05, 3.63) is 144 Å². The molecule has 1 aromatic heterocycles. The molecular formula is C40H41N5O2. The standard InChI is InChI=1S/C40H41N5O2/c1-30-24-37(39(33-16-9-4-10-17-33)45(30)35-19-11-18-34(26-35)43-21-20-41-38(46)29-43)40(47)44-23-22-42(27-32-14-7-3-8-15-32)28-36(44)25-31-12-5-2-6-13-31/h2-19,24,26,36H,20-23,25,27-29H2,1H3,(H,41,46)/t36-/m1/s1. The molecule has 7 rings (SSSR count). The molecule has 0 unspecified atom stereocenters. The maximum atomic E-state index is 14.8. The zero-order valence-electron chi connectivity index (χ0n) is 26.9. The second kappa shape index (κ2) is 13.7. The van der Waals surface area contributed by atoms with Gasteiger partial charge in [0.2, 0.25) is 5.91 Å². The molecule has 7 heteroatoms. The van der Waals surface area contributed by atoms with Gasteiger partial charge in [-0.25, -0.2) is 0 Å². The number of rotatable bonds is 8. The molecule has 0 spiro atoms. The SMILES string of the molecule is Cc1cc(C(=O)N2CCN(Cc3ccccc3)C[C@H]2Cc2ccccc2)c(-c2ccccc2)n1-c1cccc(N2CCNC(=O)C2)c1. The van der Waals surface area contributed by atoms with Gasteiger partial charge in [-0.1, -0.05) is 97.1 Å². The molecule has 47 heavy (non-hydrogen) atoms. The van der Waals surface area contributed by atoms with Gasteiger partial charge in [-0.15, -0.1) is 0 Å². The van der Waals surface area contributed by atoms with E-state index in [4.69, 9.17) is 0 Å². The Morgan fingerprint density at radius 3 is 2.17 bits per heavy atom. The lowest BCUT2D eigenvalue weighted by molar-refractivity contribution is -0.120. The average Bonchev–Trinajstić information content (AvgIpc) is 3.46. The van der Waals surface area contributed by atoms with Crippen molar-refractivity contribution < 1.29 is 9.59 Å². The lowest BCUT2D eigenvalue weighted by Gasteiger charge is -2.42. The fourth-order valence-electron chi connectivity index (χ4n) is 7.09. The summed E-state index contributed by atoms with van der Waals surface area (Å²) in [4.78, 5) is 33.7. The van der Waals surface area contributed by atoms with E-state index in [9.17, 15) is 9.59 Å². The van der Waals surface area contributed by atoms with Crippen molar-refractivity contribution >= 4 is 17.5 Å². The largest absolute Gasteiger partial charge is 0.360 e. The minimum Gasteiger partial charge on any atom is -0.360 e. The van der Waals surface area contributed by atoms with E-state index in [1.165, 1.54) is 11.1 Å². The molecule has 238 valence electrons. The van der Waals surface area contributed by atoms with Crippen LogP contribution >= 0.6 is 0 Å². The van der Waals surface area contributed by atoms with Crippen LogP contribution in [0.3, 0.4) is 0 Å². The third kappa shape index (κ3) is 6.71. The topological polar surface area (TPSA) is 60.8 Å². The van der Waals surface area contributed by atoms with Crippen LogP contribution in [0.4, 0.5) is 5.69 Å². The van der Waals surface area contributed by atoms with Crippen molar-refractivity contribution in [2.24, 2.45) is 0 Å². The number of anilines is 1. The number of amides is 2. The summed E-state index contributed by atoms with van der Waals surface area (Å²) >= 11 is 0. The van der Waals surface area contributed by atoms with E-state index in [2.05, 4.69) is 123 Å². The van der Waals surface area contributed by atoms with E-state index in [-0.39, 0.29) is 17.9 Å². The molecule has 3 heterocycles. The maximum Gasteiger partial charge on any atom is 0.256 e. The van der Waals surface area contributed by atoms with E-state index < -0.39 is 0 Å². The van der Waals surface area contributed by atoms with Crippen LogP contribution < -0.4 is 10.2 Å². The molecule has 0 saturated carbocycles. The Morgan fingerprint density at radius 2 is 1.45 bits per heavy atom. The molecule has 0 aliphatic carbocycles. The van der Waals surface area contributed by atoms with Gasteiger partial charge < -0.3 is 19.7 Å². The van der Waals surface area contributed by atoms with Crippen LogP contribution in [0, 0.1) is 6.92 Å². The Balaban J connectivity index is 1.25. The van der Waals surface area contributed by atoms with Gasteiger partial charge in [0, 0.05) is 62.4 Å². The Labute approximate surface area is 277 Å². The van der Waals surface area contributed by atoms with E-state index in [1.54, 1.807) is 0 Å². The van der Waals surface area contributed by atoms with Crippen LogP contribution in [0.5, 0.6) is 0 Å². The van der Waals surface area contributed by atoms with Crippen molar-refractivity contribution in [1.82, 2.24) is 19.7 Å². The fraction of sp³-hybridized carbons (Fsp3) is 0.250. The summed E-state index contributed by atoms with van der Waals surface area (Å²) in [6, 6.07) is 41.7. The van der Waals surface area contributed by atoms with Crippen LogP contribution in [0.1, 0.15) is 27.2 Å². The van der Waals surface area contributed by atoms with Gasteiger partial charge >= 0.3 is 0 Å². The molecule has 2 saturated heterocycles. The number of carbonyl (C=O) groups excluding carboxylic acids is 2. The summed E-state index contributed by atoms with van der Waals surface area (Å²) in [5.74, 6) is 0.0976. The molecular weight excluding hydrogens is 582 g/mol. The van der Waals surface area contributed by atoms with Crippen molar-refractivity contribution in [3.63, 3.8) is 0 Å². The molecule has 2 aliphatic rings. The lowest BCUT2D eigenvalue weighted by Crippen LogP contribution is -2.55. The zero-order valence-corrected chi connectivity index (χ0v) is 26.9. The third-order valence-corrected chi connectivity index (χ3v) is 9.34. The van der Waals surface area contributed by atoms with Crippen LogP contribution in [-0.4, -0.2) is 71.5 Å². The van der Waals surface area contributed by atoms with E-state index >= 15 is 0 Å². The number of benzene rings is 4. The molecule has 5 aromatic rings. The summed E-state index contributed by atoms with van der Waals surface area (Å²) in [5.41, 5.74) is 8.08. The highest BCUT2D eigenvalue weighted by atomic mass is 16.2. The van der Waals surface area contributed by atoms with Crippen LogP contribution in [-0.2, 0) is 17.8 Å². The molecule has 7 nitrogen and oxygen atoms in total. The molecule has 1 N–H and O–H groups in total. The number of hydrogen-bond donors (Lipinski definition) is 1. The number of hydrogen-bond acceptors (Lipinski definition) is 4. The number of piperazine rings is 2. The Kier molecular flexibility index (Phi) is 8.89. The molecule has 1 atom stereocenters. The van der Waals surface area contributed by atoms with Crippen LogP contribution in [0.2, 0.25) is 0 Å². The van der Waals surface area contributed by atoms with Crippen molar-refractivity contribution in [1.29, 1.82) is 0 Å². The summed E-state index contributed by atoms with van der Waals surface area (Å²) in [6.07, 6.45) is 0.795. The van der Waals surface area contributed by atoms with Crippen LogP contribution in [0.15, 0.2) is 121 Å². The minimum atomic E-state index is 0.0308. The summed E-state index contributed by atoms with van der Waals surface area (Å²) < 4.78 is 2.20. The highest BCUT2D eigenvalue weighted by Gasteiger charge is 2.34. The second-order valence-electron chi connectivity index (χ2n) is 12.6. The quantitative estimate of drug-likeness (QED) is 0.232. The van der Waals surface area contributed by atoms with Gasteiger partial charge in [0.25, 0.3) is 5.91 Å². The predicted octanol–water partition coefficient (Wildman–Crippen LogP) is 5.96. The summed E-state index contributed by atoms with van der Waals surface area (Å²) in [6.45, 7) is 6.95. The Bertz CT molecular complexity index is 1840. The average molecular weight is 624 g/mol. The first kappa shape index (κ1) is 30.5. The third-order valence-electron chi connectivity index (χ3n) is 9.34. The number of nitrogens with one attached hydrogen (secondary N) is 1. The molecule has 0 bridgehead atoms. The molecule has 2 aliphatic heterocycles. The van der Waals surface area contributed by atoms with E-state index in [0.29, 0.717) is 25.2 Å². The Morgan fingerprint density at radius 1 is 0.766 bits per heavy atom. The smallest absolute Gasteiger partial charge is 0.256 e. The number of nitrogens with zero attached hydrogens (tertiary/aromatic N) is 4. The second-order valence-corrected chi connectivity index (χ2v) is 12.6. The number of aromatic nitrogens is 1. The molecule has 0 radical (unpaired) electrons. The predicted molar refractivity (Wildman–Crippen MR) is 188 cm³/mol. The van der Waals surface area contributed by atoms with Gasteiger partial charge in [0.1, 0.15) is 0 Å². The number of carbonyl (C=O) groups is 2. The van der Waals surface area contributed by atoms with Gasteiger partial charge in [0.15, 0.2) is 0 Å². The van der Waals surface area contributed by atoms with Gasteiger partial charge in [0.05, 0.1) is 17.8 Å². The lowest BCUT2D eigenvalue weighted by atomic mass is 9.99. The maximum absolute atomic E-state index is 14.8. The van der Waals surface area contributed by atoms with E-state index in [0.717, 1.165) is 60.9 Å². The number of aryl methyl sites for hydroxylation is 1. The highest BCUT2D eigenvalue weighted by molar-refractivity contribution is 6.01. The first-order valence-electron chi connectivity index (χ1n) is 16.5. The van der Waals surface area contributed by atoms with E-state index in [1.807, 2.05) is 30.3 Å². The summed E-state index contributed by atoms with van der Waals surface area (Å²) in [5, 5.41) is 2.92. The van der Waals surface area contributed by atoms with Gasteiger partial charge in [-0.3, -0.25) is 14.5 Å². The highest BCUT2D eigenvalue weighted by Crippen LogP contribution is 2.34.